The quantitative estimate of drug-likeness (QED) is 0.672. The normalized spacial score (nSPS) is 10.6. The molecule has 3 N–H and O–H groups in total. The summed E-state index contributed by atoms with van der Waals surface area (Å²) in [6.07, 6.45) is 0.230. The fourth-order valence-corrected chi connectivity index (χ4v) is 2.32. The number of aromatic nitrogens is 3. The van der Waals surface area contributed by atoms with Gasteiger partial charge in [-0.1, -0.05) is 36.4 Å². The largest absolute Gasteiger partial charge is 0.342 e. The van der Waals surface area contributed by atoms with Gasteiger partial charge in [0.2, 0.25) is 5.91 Å². The molecule has 0 aliphatic rings. The number of hydrogen-bond acceptors (Lipinski definition) is 4. The number of rotatable bonds is 4. The van der Waals surface area contributed by atoms with E-state index in [0.717, 1.165) is 16.5 Å². The van der Waals surface area contributed by atoms with Crippen LogP contribution in [0.2, 0.25) is 0 Å². The smallest absolute Gasteiger partial charge is 0.326 e. The van der Waals surface area contributed by atoms with Crippen LogP contribution >= 0.6 is 0 Å². The number of fused-ring (bicyclic) bond motifs is 1. The lowest BCUT2D eigenvalue weighted by atomic mass is 10.1. The molecule has 1 amide bonds. The Morgan fingerprint density at radius 3 is 2.70 bits per heavy atom. The summed E-state index contributed by atoms with van der Waals surface area (Å²) >= 11 is 0. The van der Waals surface area contributed by atoms with E-state index in [1.54, 1.807) is 0 Å². The summed E-state index contributed by atoms with van der Waals surface area (Å²) < 4.78 is 0. The molecule has 0 radical (unpaired) electrons. The minimum atomic E-state index is -0.668. The SMILES string of the molecule is O=C(CCc1n[nH]c(=O)[nH]c1=O)Nc1cccc2ccccc12. The van der Waals surface area contributed by atoms with Gasteiger partial charge in [-0.15, -0.1) is 0 Å². The van der Waals surface area contributed by atoms with Crippen molar-refractivity contribution in [1.82, 2.24) is 15.2 Å². The van der Waals surface area contributed by atoms with Crippen LogP contribution in [-0.4, -0.2) is 21.1 Å². The van der Waals surface area contributed by atoms with Gasteiger partial charge in [0, 0.05) is 23.9 Å². The predicted molar refractivity (Wildman–Crippen MR) is 86.4 cm³/mol. The molecule has 0 aliphatic heterocycles. The molecule has 3 aromatic rings. The number of benzene rings is 2. The lowest BCUT2D eigenvalue weighted by molar-refractivity contribution is -0.116. The lowest BCUT2D eigenvalue weighted by Gasteiger charge is -2.08. The Balaban J connectivity index is 1.72. The van der Waals surface area contributed by atoms with Gasteiger partial charge in [0.15, 0.2) is 0 Å². The maximum absolute atomic E-state index is 12.1. The summed E-state index contributed by atoms with van der Waals surface area (Å²) in [4.78, 5) is 36.6. The van der Waals surface area contributed by atoms with Gasteiger partial charge in [-0.2, -0.15) is 5.10 Å². The van der Waals surface area contributed by atoms with E-state index in [4.69, 9.17) is 0 Å². The minimum Gasteiger partial charge on any atom is -0.326 e. The molecule has 116 valence electrons. The third-order valence-corrected chi connectivity index (χ3v) is 3.43. The van der Waals surface area contributed by atoms with Crippen molar-refractivity contribution in [1.29, 1.82) is 0 Å². The Kier molecular flexibility index (Phi) is 4.01. The molecule has 7 heteroatoms. The Labute approximate surface area is 130 Å². The third-order valence-electron chi connectivity index (χ3n) is 3.43. The first kappa shape index (κ1) is 14.7. The van der Waals surface area contributed by atoms with Crippen LogP contribution in [0.4, 0.5) is 5.69 Å². The second-order valence-corrected chi connectivity index (χ2v) is 5.03. The van der Waals surface area contributed by atoms with Crippen molar-refractivity contribution in [3.8, 4) is 0 Å². The summed E-state index contributed by atoms with van der Waals surface area (Å²) in [5, 5.41) is 10.6. The van der Waals surface area contributed by atoms with Crippen molar-refractivity contribution < 1.29 is 4.79 Å². The van der Waals surface area contributed by atoms with Crippen LogP contribution in [0.3, 0.4) is 0 Å². The van der Waals surface area contributed by atoms with Crippen molar-refractivity contribution in [2.45, 2.75) is 12.8 Å². The summed E-state index contributed by atoms with van der Waals surface area (Å²) in [6.45, 7) is 0. The first-order valence-electron chi connectivity index (χ1n) is 7.09. The summed E-state index contributed by atoms with van der Waals surface area (Å²) in [5.41, 5.74) is -0.403. The van der Waals surface area contributed by atoms with E-state index < -0.39 is 11.2 Å². The zero-order valence-electron chi connectivity index (χ0n) is 12.1. The van der Waals surface area contributed by atoms with Crippen molar-refractivity contribution in [2.75, 3.05) is 5.32 Å². The number of hydrogen-bond donors (Lipinski definition) is 3. The maximum Gasteiger partial charge on any atom is 0.342 e. The Bertz CT molecular complexity index is 969. The molecule has 0 saturated heterocycles. The molecular weight excluding hydrogens is 296 g/mol. The monoisotopic (exact) mass is 310 g/mol. The van der Waals surface area contributed by atoms with E-state index in [1.165, 1.54) is 0 Å². The van der Waals surface area contributed by atoms with E-state index in [2.05, 4.69) is 20.5 Å². The second kappa shape index (κ2) is 6.27. The van der Waals surface area contributed by atoms with E-state index in [9.17, 15) is 14.4 Å². The molecular formula is C16H14N4O3. The van der Waals surface area contributed by atoms with E-state index in [-0.39, 0.29) is 24.4 Å². The zero-order chi connectivity index (χ0) is 16.2. The van der Waals surface area contributed by atoms with Crippen LogP contribution in [0.1, 0.15) is 12.1 Å². The number of nitrogens with zero attached hydrogens (tertiary/aromatic N) is 1. The van der Waals surface area contributed by atoms with Gasteiger partial charge in [-0.3, -0.25) is 14.6 Å². The van der Waals surface area contributed by atoms with Gasteiger partial charge in [0.25, 0.3) is 5.56 Å². The van der Waals surface area contributed by atoms with E-state index >= 15 is 0 Å². The minimum absolute atomic E-state index is 0.0886. The lowest BCUT2D eigenvalue weighted by Crippen LogP contribution is -2.28. The molecule has 7 nitrogen and oxygen atoms in total. The molecule has 0 bridgehead atoms. The van der Waals surface area contributed by atoms with E-state index in [0.29, 0.717) is 0 Å². The van der Waals surface area contributed by atoms with Gasteiger partial charge < -0.3 is 5.32 Å². The highest BCUT2D eigenvalue weighted by atomic mass is 16.2. The molecule has 0 fully saturated rings. The fraction of sp³-hybridized carbons (Fsp3) is 0.125. The highest BCUT2D eigenvalue weighted by Crippen LogP contribution is 2.22. The van der Waals surface area contributed by atoms with Gasteiger partial charge in [-0.05, 0) is 11.5 Å². The topological polar surface area (TPSA) is 108 Å². The first-order valence-corrected chi connectivity index (χ1v) is 7.09. The van der Waals surface area contributed by atoms with Crippen molar-refractivity contribution in [3.63, 3.8) is 0 Å². The summed E-state index contributed by atoms with van der Waals surface area (Å²) in [5.74, 6) is -0.228. The van der Waals surface area contributed by atoms with Crippen LogP contribution in [0, 0.1) is 0 Å². The number of aromatic amines is 2. The summed E-state index contributed by atoms with van der Waals surface area (Å²) in [7, 11) is 0. The van der Waals surface area contributed by atoms with Gasteiger partial charge in [0.05, 0.1) is 0 Å². The summed E-state index contributed by atoms with van der Waals surface area (Å²) in [6, 6.07) is 13.4. The van der Waals surface area contributed by atoms with Gasteiger partial charge in [0.1, 0.15) is 5.69 Å². The van der Waals surface area contributed by atoms with Crippen molar-refractivity contribution in [3.05, 3.63) is 69.0 Å². The highest BCUT2D eigenvalue weighted by molar-refractivity contribution is 6.02. The average Bonchev–Trinajstić information content (AvgIpc) is 2.54. The van der Waals surface area contributed by atoms with Crippen LogP contribution in [-0.2, 0) is 11.2 Å². The van der Waals surface area contributed by atoms with Crippen LogP contribution in [0.15, 0.2) is 52.1 Å². The number of amides is 1. The third kappa shape index (κ3) is 3.34. The van der Waals surface area contributed by atoms with Crippen molar-refractivity contribution >= 4 is 22.4 Å². The van der Waals surface area contributed by atoms with Crippen molar-refractivity contribution in [2.24, 2.45) is 0 Å². The molecule has 0 saturated carbocycles. The molecule has 3 rings (SSSR count). The molecule has 0 unspecified atom stereocenters. The molecule has 0 aliphatic carbocycles. The fourth-order valence-electron chi connectivity index (χ4n) is 2.32. The Morgan fingerprint density at radius 1 is 1.09 bits per heavy atom. The first-order chi connectivity index (χ1) is 11.1. The molecule has 0 spiro atoms. The predicted octanol–water partition coefficient (Wildman–Crippen LogP) is 1.18. The molecule has 2 aromatic carbocycles. The number of aryl methyl sites for hydroxylation is 1. The molecule has 1 aromatic heterocycles. The molecule has 0 atom stereocenters. The zero-order valence-corrected chi connectivity index (χ0v) is 12.1. The second-order valence-electron chi connectivity index (χ2n) is 5.03. The van der Waals surface area contributed by atoms with Crippen LogP contribution in [0.5, 0.6) is 0 Å². The number of anilines is 1. The number of carbonyl (C=O) groups excluding carboxylic acids is 1. The number of nitrogens with one attached hydrogen (secondary N) is 3. The van der Waals surface area contributed by atoms with Gasteiger partial charge in [-0.25, -0.2) is 9.89 Å². The van der Waals surface area contributed by atoms with Crippen LogP contribution in [0.25, 0.3) is 10.8 Å². The Hall–Kier alpha value is -3.22. The highest BCUT2D eigenvalue weighted by Gasteiger charge is 2.09. The Morgan fingerprint density at radius 2 is 1.87 bits per heavy atom. The standard InChI is InChI=1S/C16H14N4O3/c21-14(9-8-13-15(22)18-16(23)20-19-13)17-12-7-3-5-10-4-1-2-6-11(10)12/h1-7H,8-9H2,(H,17,21)(H2,18,20,22,23). The maximum atomic E-state index is 12.1. The molecule has 1 heterocycles. The number of carbonyl (C=O) groups is 1. The van der Waals surface area contributed by atoms with E-state index in [1.807, 2.05) is 42.5 Å². The molecule has 23 heavy (non-hydrogen) atoms. The average molecular weight is 310 g/mol. The van der Waals surface area contributed by atoms with Crippen LogP contribution < -0.4 is 16.6 Å². The van der Waals surface area contributed by atoms with Gasteiger partial charge >= 0.3 is 5.69 Å². The number of H-pyrrole nitrogens is 2.